The molecule has 3 nitrogen and oxygen atoms in total. The number of alkyl halides is 3. The van der Waals surface area contributed by atoms with Crippen LogP contribution >= 0.6 is 0 Å². The van der Waals surface area contributed by atoms with Gasteiger partial charge in [-0.15, -0.1) is 0 Å². The van der Waals surface area contributed by atoms with Crippen molar-refractivity contribution in [3.8, 4) is 0 Å². The van der Waals surface area contributed by atoms with Gasteiger partial charge in [0.25, 0.3) is 0 Å². The van der Waals surface area contributed by atoms with Crippen molar-refractivity contribution in [3.05, 3.63) is 0 Å². The summed E-state index contributed by atoms with van der Waals surface area (Å²) in [5, 5.41) is 7.13. The normalized spacial score (nSPS) is 29.5. The lowest BCUT2D eigenvalue weighted by Gasteiger charge is -2.23. The topological polar surface area (TPSA) is 27.3 Å². The molecule has 0 aromatic carbocycles. The quantitative estimate of drug-likeness (QED) is 0.788. The van der Waals surface area contributed by atoms with Crippen molar-refractivity contribution >= 4 is 0 Å². The molecule has 3 unspecified atom stereocenters. The lowest BCUT2D eigenvalue weighted by atomic mass is 10.0. The third kappa shape index (κ3) is 6.84. The van der Waals surface area contributed by atoms with Gasteiger partial charge in [-0.05, 0) is 58.2 Å². The van der Waals surface area contributed by atoms with Gasteiger partial charge in [-0.3, -0.25) is 4.90 Å². The molecule has 6 heteroatoms. The van der Waals surface area contributed by atoms with E-state index in [1.807, 2.05) is 0 Å². The van der Waals surface area contributed by atoms with Crippen LogP contribution < -0.4 is 10.6 Å². The van der Waals surface area contributed by atoms with Gasteiger partial charge in [0, 0.05) is 18.6 Å². The molecule has 0 aromatic rings. The zero-order chi connectivity index (χ0) is 16.0. The van der Waals surface area contributed by atoms with Crippen molar-refractivity contribution in [2.45, 2.75) is 63.7 Å². The van der Waals surface area contributed by atoms with Crippen LogP contribution in [-0.4, -0.2) is 55.9 Å². The molecule has 0 spiro atoms. The summed E-state index contributed by atoms with van der Waals surface area (Å²) in [7, 11) is 0. The lowest BCUT2D eigenvalue weighted by Crippen LogP contribution is -2.39. The molecule has 2 aliphatic rings. The SMILES string of the molecule is CC(CC1CCCCCN1)NCC1CCN(CC(F)(F)F)C1. The summed E-state index contributed by atoms with van der Waals surface area (Å²) in [6.07, 6.45) is 3.06. The number of nitrogens with zero attached hydrogens (tertiary/aromatic N) is 1. The summed E-state index contributed by atoms with van der Waals surface area (Å²) in [6, 6.07) is 1.02. The molecule has 2 N–H and O–H groups in total. The highest BCUT2D eigenvalue weighted by atomic mass is 19.4. The Kier molecular flexibility index (Phi) is 6.96. The Labute approximate surface area is 132 Å². The smallest absolute Gasteiger partial charge is 0.314 e. The molecule has 0 aliphatic carbocycles. The summed E-state index contributed by atoms with van der Waals surface area (Å²) < 4.78 is 37.1. The van der Waals surface area contributed by atoms with Gasteiger partial charge in [-0.1, -0.05) is 12.8 Å². The van der Waals surface area contributed by atoms with Crippen LogP contribution in [0, 0.1) is 5.92 Å². The molecule has 0 aromatic heterocycles. The third-order valence-corrected chi connectivity index (χ3v) is 4.83. The largest absolute Gasteiger partial charge is 0.401 e. The van der Waals surface area contributed by atoms with Gasteiger partial charge in [0.1, 0.15) is 0 Å². The standard InChI is InChI=1S/C16H30F3N3/c1-13(9-15-5-3-2-4-7-20-15)21-10-14-6-8-22(11-14)12-16(17,18)19/h13-15,20-21H,2-12H2,1H3. The van der Waals surface area contributed by atoms with Gasteiger partial charge in [0.05, 0.1) is 6.54 Å². The summed E-state index contributed by atoms with van der Waals surface area (Å²) >= 11 is 0. The van der Waals surface area contributed by atoms with Crippen LogP contribution in [0.15, 0.2) is 0 Å². The Morgan fingerprint density at radius 3 is 2.82 bits per heavy atom. The van der Waals surface area contributed by atoms with Crippen LogP contribution in [0.2, 0.25) is 0 Å². The number of likely N-dealkylation sites (tertiary alicyclic amines) is 1. The molecule has 0 radical (unpaired) electrons. The summed E-state index contributed by atoms with van der Waals surface area (Å²) in [4.78, 5) is 1.53. The maximum atomic E-state index is 12.4. The van der Waals surface area contributed by atoms with Gasteiger partial charge >= 0.3 is 6.18 Å². The molecular formula is C16H30F3N3. The minimum Gasteiger partial charge on any atom is -0.314 e. The highest BCUT2D eigenvalue weighted by Gasteiger charge is 2.34. The van der Waals surface area contributed by atoms with E-state index < -0.39 is 12.7 Å². The second-order valence-electron chi connectivity index (χ2n) is 7.05. The van der Waals surface area contributed by atoms with Crippen LogP contribution in [0.4, 0.5) is 13.2 Å². The predicted octanol–water partition coefficient (Wildman–Crippen LogP) is 2.77. The molecule has 2 heterocycles. The molecule has 0 bridgehead atoms. The predicted molar refractivity (Wildman–Crippen MR) is 82.9 cm³/mol. The van der Waals surface area contributed by atoms with Crippen LogP contribution in [0.25, 0.3) is 0 Å². The van der Waals surface area contributed by atoms with E-state index in [1.54, 1.807) is 0 Å². The molecule has 0 amide bonds. The number of halogens is 3. The second-order valence-corrected chi connectivity index (χ2v) is 7.05. The zero-order valence-electron chi connectivity index (χ0n) is 13.6. The minimum absolute atomic E-state index is 0.354. The Morgan fingerprint density at radius 1 is 1.23 bits per heavy atom. The number of hydrogen-bond acceptors (Lipinski definition) is 3. The van der Waals surface area contributed by atoms with Gasteiger partial charge < -0.3 is 10.6 Å². The fourth-order valence-corrected chi connectivity index (χ4v) is 3.66. The molecule has 2 rings (SSSR count). The maximum absolute atomic E-state index is 12.4. The van der Waals surface area contributed by atoms with Gasteiger partial charge in [-0.2, -0.15) is 13.2 Å². The fourth-order valence-electron chi connectivity index (χ4n) is 3.66. The van der Waals surface area contributed by atoms with E-state index >= 15 is 0 Å². The lowest BCUT2D eigenvalue weighted by molar-refractivity contribution is -0.143. The second kappa shape index (κ2) is 8.50. The van der Waals surface area contributed by atoms with Crippen molar-refractivity contribution in [2.75, 3.05) is 32.7 Å². The third-order valence-electron chi connectivity index (χ3n) is 4.83. The molecular weight excluding hydrogens is 291 g/mol. The molecule has 3 atom stereocenters. The molecule has 2 aliphatic heterocycles. The molecule has 0 saturated carbocycles. The summed E-state index contributed by atoms with van der Waals surface area (Å²) in [5.74, 6) is 0.354. The van der Waals surface area contributed by atoms with Crippen molar-refractivity contribution in [2.24, 2.45) is 5.92 Å². The molecule has 2 fully saturated rings. The maximum Gasteiger partial charge on any atom is 0.401 e. The first-order chi connectivity index (χ1) is 10.4. The average Bonchev–Trinajstić information content (AvgIpc) is 2.68. The van der Waals surface area contributed by atoms with Crippen LogP contribution in [0.3, 0.4) is 0 Å². The van der Waals surface area contributed by atoms with E-state index in [4.69, 9.17) is 0 Å². The van der Waals surface area contributed by atoms with Crippen LogP contribution in [0.5, 0.6) is 0 Å². The number of rotatable bonds is 6. The molecule has 130 valence electrons. The Hall–Kier alpha value is -0.330. The average molecular weight is 321 g/mol. The van der Waals surface area contributed by atoms with Gasteiger partial charge in [0.15, 0.2) is 0 Å². The van der Waals surface area contributed by atoms with E-state index in [1.165, 1.54) is 30.6 Å². The van der Waals surface area contributed by atoms with E-state index in [0.29, 0.717) is 31.1 Å². The highest BCUT2D eigenvalue weighted by Crippen LogP contribution is 2.22. The fraction of sp³-hybridized carbons (Fsp3) is 1.00. The monoisotopic (exact) mass is 321 g/mol. The number of nitrogens with one attached hydrogen (secondary N) is 2. The first kappa shape index (κ1) is 18.0. The molecule has 22 heavy (non-hydrogen) atoms. The highest BCUT2D eigenvalue weighted by molar-refractivity contribution is 4.81. The zero-order valence-corrected chi connectivity index (χ0v) is 13.6. The van der Waals surface area contributed by atoms with Crippen molar-refractivity contribution in [3.63, 3.8) is 0 Å². The Balaban J connectivity index is 1.61. The van der Waals surface area contributed by atoms with E-state index in [-0.39, 0.29) is 0 Å². The first-order valence-electron chi connectivity index (χ1n) is 8.68. The Bertz CT molecular complexity index is 314. The van der Waals surface area contributed by atoms with Crippen molar-refractivity contribution in [1.29, 1.82) is 0 Å². The van der Waals surface area contributed by atoms with Gasteiger partial charge in [-0.25, -0.2) is 0 Å². The number of hydrogen-bond donors (Lipinski definition) is 2. The molecule has 2 saturated heterocycles. The summed E-state index contributed by atoms with van der Waals surface area (Å²) in [6.45, 7) is 4.53. The van der Waals surface area contributed by atoms with Crippen LogP contribution in [0.1, 0.15) is 45.4 Å². The summed E-state index contributed by atoms with van der Waals surface area (Å²) in [5.41, 5.74) is 0. The van der Waals surface area contributed by atoms with E-state index in [0.717, 1.165) is 25.9 Å². The van der Waals surface area contributed by atoms with E-state index in [2.05, 4.69) is 17.6 Å². The Morgan fingerprint density at radius 2 is 2.05 bits per heavy atom. The minimum atomic E-state index is -4.07. The van der Waals surface area contributed by atoms with Crippen molar-refractivity contribution in [1.82, 2.24) is 15.5 Å². The van der Waals surface area contributed by atoms with Crippen molar-refractivity contribution < 1.29 is 13.2 Å². The first-order valence-corrected chi connectivity index (χ1v) is 8.68. The van der Waals surface area contributed by atoms with E-state index in [9.17, 15) is 13.2 Å². The van der Waals surface area contributed by atoms with Crippen LogP contribution in [-0.2, 0) is 0 Å². The van der Waals surface area contributed by atoms with Gasteiger partial charge in [0.2, 0.25) is 0 Å².